The largest absolute Gasteiger partial charge is 0.491 e. The molecule has 0 spiro atoms. The molecule has 0 heterocycles. The lowest BCUT2D eigenvalue weighted by Crippen LogP contribution is -2.38. The van der Waals surface area contributed by atoms with E-state index >= 15 is 0 Å². The summed E-state index contributed by atoms with van der Waals surface area (Å²) >= 11 is 0. The van der Waals surface area contributed by atoms with Crippen LogP contribution in [0, 0.1) is 5.92 Å². The van der Waals surface area contributed by atoms with Crippen LogP contribution in [0.4, 0.5) is 0 Å². The molecule has 1 aromatic rings. The number of ether oxygens (including phenoxy) is 2. The summed E-state index contributed by atoms with van der Waals surface area (Å²) in [6.07, 6.45) is 3.02. The highest BCUT2D eigenvalue weighted by atomic mass is 127. The van der Waals surface area contributed by atoms with Crippen molar-refractivity contribution in [1.29, 1.82) is 0 Å². The third-order valence-electron chi connectivity index (χ3n) is 4.19. The number of hydrogen-bond donors (Lipinski definition) is 3. The van der Waals surface area contributed by atoms with Crippen molar-refractivity contribution in [3.63, 3.8) is 0 Å². The van der Waals surface area contributed by atoms with Gasteiger partial charge in [-0.1, -0.05) is 12.1 Å². The van der Waals surface area contributed by atoms with E-state index in [-0.39, 0.29) is 30.1 Å². The van der Waals surface area contributed by atoms with Crippen LogP contribution in [0.2, 0.25) is 0 Å². The molecule has 1 aliphatic rings. The molecule has 0 aliphatic heterocycles. The molecule has 1 saturated carbocycles. The average Bonchev–Trinajstić information content (AvgIpc) is 3.46. The van der Waals surface area contributed by atoms with E-state index in [9.17, 15) is 5.11 Å². The number of nitrogens with zero attached hydrogens (tertiary/aromatic N) is 1. The highest BCUT2D eigenvalue weighted by Gasteiger charge is 2.20. The molecular formula is C21H36IN3O3. The van der Waals surface area contributed by atoms with Crippen LogP contribution in [0.25, 0.3) is 0 Å². The van der Waals surface area contributed by atoms with Crippen LogP contribution in [0.3, 0.4) is 0 Å². The Morgan fingerprint density at radius 1 is 1.29 bits per heavy atom. The van der Waals surface area contributed by atoms with Gasteiger partial charge in [0, 0.05) is 26.3 Å². The smallest absolute Gasteiger partial charge is 0.191 e. The molecule has 0 radical (unpaired) electrons. The lowest BCUT2D eigenvalue weighted by atomic mass is 10.1. The lowest BCUT2D eigenvalue weighted by Gasteiger charge is -2.15. The zero-order chi connectivity index (χ0) is 19.5. The summed E-state index contributed by atoms with van der Waals surface area (Å²) in [6, 6.07) is 7.56. The lowest BCUT2D eigenvalue weighted by molar-refractivity contribution is 0.123. The van der Waals surface area contributed by atoms with Crippen LogP contribution in [0.15, 0.2) is 29.3 Å². The van der Waals surface area contributed by atoms with E-state index in [1.807, 2.05) is 45.0 Å². The fourth-order valence-electron chi connectivity index (χ4n) is 2.61. The van der Waals surface area contributed by atoms with Crippen LogP contribution >= 0.6 is 24.0 Å². The summed E-state index contributed by atoms with van der Waals surface area (Å²) < 4.78 is 11.3. The SMILES string of the molecule is CCNC(=NCC(O)c1cccc(OC(C)C)c1)NCCCOCC1CC1.I. The van der Waals surface area contributed by atoms with Crippen molar-refractivity contribution in [3.8, 4) is 5.75 Å². The molecule has 0 aromatic heterocycles. The summed E-state index contributed by atoms with van der Waals surface area (Å²) in [5.41, 5.74) is 0.807. The first-order chi connectivity index (χ1) is 13.1. The third kappa shape index (κ3) is 10.5. The van der Waals surface area contributed by atoms with Crippen molar-refractivity contribution in [3.05, 3.63) is 29.8 Å². The van der Waals surface area contributed by atoms with Gasteiger partial charge in [0.25, 0.3) is 0 Å². The second kappa shape index (κ2) is 14.0. The number of rotatable bonds is 12. The third-order valence-corrected chi connectivity index (χ3v) is 4.19. The molecule has 1 aliphatic carbocycles. The van der Waals surface area contributed by atoms with Gasteiger partial charge in [-0.3, -0.25) is 4.99 Å². The minimum atomic E-state index is -0.668. The Hall–Kier alpha value is -1.06. The highest BCUT2D eigenvalue weighted by Crippen LogP contribution is 2.28. The first kappa shape index (κ1) is 25.0. The van der Waals surface area contributed by atoms with E-state index in [2.05, 4.69) is 15.6 Å². The molecule has 7 heteroatoms. The maximum Gasteiger partial charge on any atom is 0.191 e. The Morgan fingerprint density at radius 2 is 2.07 bits per heavy atom. The van der Waals surface area contributed by atoms with Crippen LogP contribution in [0.1, 0.15) is 51.7 Å². The summed E-state index contributed by atoms with van der Waals surface area (Å²) in [7, 11) is 0. The summed E-state index contributed by atoms with van der Waals surface area (Å²) in [4.78, 5) is 4.50. The Balaban J connectivity index is 0.00000392. The molecule has 0 saturated heterocycles. The molecular weight excluding hydrogens is 469 g/mol. The Morgan fingerprint density at radius 3 is 2.75 bits per heavy atom. The normalized spacial score (nSPS) is 15.1. The summed E-state index contributed by atoms with van der Waals surface area (Å²) in [6.45, 7) is 9.53. The van der Waals surface area contributed by atoms with Gasteiger partial charge in [-0.25, -0.2) is 0 Å². The first-order valence-electron chi connectivity index (χ1n) is 10.1. The molecule has 1 aromatic carbocycles. The van der Waals surface area contributed by atoms with Crippen molar-refractivity contribution in [2.75, 3.05) is 32.8 Å². The van der Waals surface area contributed by atoms with Crippen LogP contribution in [-0.2, 0) is 4.74 Å². The van der Waals surface area contributed by atoms with Gasteiger partial charge in [-0.2, -0.15) is 0 Å². The molecule has 1 fully saturated rings. The molecule has 3 N–H and O–H groups in total. The van der Waals surface area contributed by atoms with Crippen molar-refractivity contribution in [2.24, 2.45) is 10.9 Å². The number of halogens is 1. The van der Waals surface area contributed by atoms with Crippen molar-refractivity contribution < 1.29 is 14.6 Å². The maximum absolute atomic E-state index is 10.5. The zero-order valence-corrected chi connectivity index (χ0v) is 19.6. The quantitative estimate of drug-likeness (QED) is 0.176. The van der Waals surface area contributed by atoms with E-state index < -0.39 is 6.10 Å². The van der Waals surface area contributed by atoms with E-state index in [1.165, 1.54) is 12.8 Å². The van der Waals surface area contributed by atoms with Crippen LogP contribution in [-0.4, -0.2) is 50.0 Å². The topological polar surface area (TPSA) is 75.1 Å². The minimum Gasteiger partial charge on any atom is -0.491 e. The molecule has 1 atom stereocenters. The average molecular weight is 505 g/mol. The zero-order valence-electron chi connectivity index (χ0n) is 17.3. The monoisotopic (exact) mass is 505 g/mol. The highest BCUT2D eigenvalue weighted by molar-refractivity contribution is 14.0. The number of nitrogens with one attached hydrogen (secondary N) is 2. The molecule has 28 heavy (non-hydrogen) atoms. The second-order valence-electron chi connectivity index (χ2n) is 7.27. The van der Waals surface area contributed by atoms with E-state index in [1.54, 1.807) is 0 Å². The number of benzene rings is 1. The first-order valence-corrected chi connectivity index (χ1v) is 10.1. The summed E-state index contributed by atoms with van der Waals surface area (Å²) in [5.74, 6) is 2.29. The van der Waals surface area contributed by atoms with Gasteiger partial charge in [-0.15, -0.1) is 24.0 Å². The van der Waals surface area contributed by atoms with Crippen molar-refractivity contribution in [1.82, 2.24) is 10.6 Å². The van der Waals surface area contributed by atoms with Gasteiger partial charge >= 0.3 is 0 Å². The Labute approximate surface area is 186 Å². The summed E-state index contributed by atoms with van der Waals surface area (Å²) in [5, 5.41) is 17.0. The predicted octanol–water partition coefficient (Wildman–Crippen LogP) is 3.50. The number of aliphatic hydroxyl groups excluding tert-OH is 1. The minimum absolute atomic E-state index is 0. The van der Waals surface area contributed by atoms with E-state index in [0.29, 0.717) is 12.5 Å². The Bertz CT molecular complexity index is 580. The maximum atomic E-state index is 10.5. The molecule has 2 rings (SSSR count). The molecule has 0 amide bonds. The fourth-order valence-corrected chi connectivity index (χ4v) is 2.61. The van der Waals surface area contributed by atoms with Gasteiger partial charge in [0.15, 0.2) is 5.96 Å². The van der Waals surface area contributed by atoms with Crippen molar-refractivity contribution in [2.45, 2.75) is 52.2 Å². The fraction of sp³-hybridized carbons (Fsp3) is 0.667. The van der Waals surface area contributed by atoms with Gasteiger partial charge in [-0.05, 0) is 63.6 Å². The molecule has 160 valence electrons. The van der Waals surface area contributed by atoms with Gasteiger partial charge in [0.1, 0.15) is 5.75 Å². The van der Waals surface area contributed by atoms with Crippen LogP contribution < -0.4 is 15.4 Å². The van der Waals surface area contributed by atoms with Crippen molar-refractivity contribution >= 4 is 29.9 Å². The number of hydrogen-bond acceptors (Lipinski definition) is 4. The van der Waals surface area contributed by atoms with Gasteiger partial charge in [0.2, 0.25) is 0 Å². The number of aliphatic hydroxyl groups is 1. The van der Waals surface area contributed by atoms with Crippen LogP contribution in [0.5, 0.6) is 5.75 Å². The molecule has 6 nitrogen and oxygen atoms in total. The Kier molecular flexibility index (Phi) is 12.5. The predicted molar refractivity (Wildman–Crippen MR) is 125 cm³/mol. The number of aliphatic imine (C=N–C) groups is 1. The second-order valence-corrected chi connectivity index (χ2v) is 7.27. The molecule has 1 unspecified atom stereocenters. The number of guanidine groups is 1. The van der Waals surface area contributed by atoms with Gasteiger partial charge < -0.3 is 25.2 Å². The van der Waals surface area contributed by atoms with E-state index in [0.717, 1.165) is 50.0 Å². The standard InChI is InChI=1S/C21H35N3O3.HI/c1-4-22-21(23-11-6-12-26-15-17-9-10-17)24-14-20(25)18-7-5-8-19(13-18)27-16(2)3;/h5,7-8,13,16-17,20,25H,4,6,9-12,14-15H2,1-3H3,(H2,22,23,24);1H. The molecule has 0 bridgehead atoms. The van der Waals surface area contributed by atoms with E-state index in [4.69, 9.17) is 9.47 Å². The van der Waals surface area contributed by atoms with Gasteiger partial charge in [0.05, 0.1) is 18.8 Å².